The van der Waals surface area contributed by atoms with Crippen LogP contribution in [0.2, 0.25) is 0 Å². The zero-order chi connectivity index (χ0) is 18.9. The van der Waals surface area contributed by atoms with E-state index >= 15 is 0 Å². The smallest absolute Gasteiger partial charge is 0.279 e. The number of rotatable bonds is 4. The SMILES string of the molecule is O=C(C[NH+]1CCC[C@H]1c1nc2ccccc2s1)Nc1ccc2ccccc2c1. The number of nitrogens with one attached hydrogen (secondary N) is 2. The first-order valence-corrected chi connectivity index (χ1v) is 10.6. The molecule has 1 aliphatic heterocycles. The summed E-state index contributed by atoms with van der Waals surface area (Å²) in [6.45, 7) is 1.50. The molecule has 140 valence electrons. The number of amides is 1. The Bertz CT molecular complexity index is 1120. The Morgan fingerprint density at radius 1 is 1.07 bits per heavy atom. The summed E-state index contributed by atoms with van der Waals surface area (Å²) in [6, 6.07) is 22.9. The molecule has 5 rings (SSSR count). The molecule has 5 heteroatoms. The third kappa shape index (κ3) is 3.39. The lowest BCUT2D eigenvalue weighted by Gasteiger charge is -2.19. The number of likely N-dealkylation sites (tertiary alicyclic amines) is 1. The molecule has 4 nitrogen and oxygen atoms in total. The largest absolute Gasteiger partial charge is 0.321 e. The van der Waals surface area contributed by atoms with Gasteiger partial charge >= 0.3 is 0 Å². The Labute approximate surface area is 167 Å². The zero-order valence-corrected chi connectivity index (χ0v) is 16.3. The maximum absolute atomic E-state index is 12.7. The fourth-order valence-corrected chi connectivity index (χ4v) is 5.30. The molecule has 1 unspecified atom stereocenters. The number of para-hydroxylation sites is 1. The fourth-order valence-electron chi connectivity index (χ4n) is 4.14. The van der Waals surface area contributed by atoms with Gasteiger partial charge in [0.15, 0.2) is 11.6 Å². The van der Waals surface area contributed by atoms with Crippen LogP contribution in [0.1, 0.15) is 23.9 Å². The highest BCUT2D eigenvalue weighted by Crippen LogP contribution is 2.28. The van der Waals surface area contributed by atoms with E-state index in [0.717, 1.165) is 41.0 Å². The molecule has 0 bridgehead atoms. The van der Waals surface area contributed by atoms with E-state index in [1.54, 1.807) is 11.3 Å². The van der Waals surface area contributed by atoms with Crippen LogP contribution in [0.5, 0.6) is 0 Å². The molecule has 0 saturated carbocycles. The molecule has 1 aromatic heterocycles. The van der Waals surface area contributed by atoms with Gasteiger partial charge in [0.1, 0.15) is 6.04 Å². The van der Waals surface area contributed by atoms with Gasteiger partial charge in [0.25, 0.3) is 5.91 Å². The summed E-state index contributed by atoms with van der Waals surface area (Å²) in [5.41, 5.74) is 1.92. The van der Waals surface area contributed by atoms with Gasteiger partial charge in [-0.25, -0.2) is 4.98 Å². The van der Waals surface area contributed by atoms with Gasteiger partial charge < -0.3 is 10.2 Å². The second-order valence-corrected chi connectivity index (χ2v) is 8.47. The minimum Gasteiger partial charge on any atom is -0.321 e. The summed E-state index contributed by atoms with van der Waals surface area (Å²) in [7, 11) is 0. The van der Waals surface area contributed by atoms with Gasteiger partial charge in [0.2, 0.25) is 0 Å². The van der Waals surface area contributed by atoms with Crippen molar-refractivity contribution in [3.05, 3.63) is 71.7 Å². The van der Waals surface area contributed by atoms with Crippen LogP contribution in [0, 0.1) is 0 Å². The topological polar surface area (TPSA) is 46.4 Å². The molecule has 1 aliphatic rings. The quantitative estimate of drug-likeness (QED) is 0.558. The summed E-state index contributed by atoms with van der Waals surface area (Å²) >= 11 is 1.77. The predicted molar refractivity (Wildman–Crippen MR) is 115 cm³/mol. The van der Waals surface area contributed by atoms with Crippen LogP contribution in [0.25, 0.3) is 21.0 Å². The molecule has 0 aliphatic carbocycles. The van der Waals surface area contributed by atoms with Crippen molar-refractivity contribution in [3.63, 3.8) is 0 Å². The number of fused-ring (bicyclic) bond motifs is 2. The maximum atomic E-state index is 12.7. The first-order valence-electron chi connectivity index (χ1n) is 9.75. The van der Waals surface area contributed by atoms with Crippen LogP contribution < -0.4 is 10.2 Å². The van der Waals surface area contributed by atoms with Gasteiger partial charge in [0, 0.05) is 18.5 Å². The van der Waals surface area contributed by atoms with Crippen LogP contribution in [0.3, 0.4) is 0 Å². The molecule has 0 spiro atoms. The average molecular weight is 389 g/mol. The summed E-state index contributed by atoms with van der Waals surface area (Å²) in [5, 5.41) is 6.56. The van der Waals surface area contributed by atoms with E-state index in [0.29, 0.717) is 12.6 Å². The standard InChI is InChI=1S/C23H21N3OS/c27-22(24-18-12-11-16-6-1-2-7-17(16)14-18)15-26-13-5-9-20(26)23-25-19-8-3-4-10-21(19)28-23/h1-4,6-8,10-12,14,20H,5,9,13,15H2,(H,24,27)/p+1/t20-/m0/s1. The Morgan fingerprint density at radius 2 is 1.89 bits per heavy atom. The maximum Gasteiger partial charge on any atom is 0.279 e. The van der Waals surface area contributed by atoms with Crippen molar-refractivity contribution in [1.29, 1.82) is 0 Å². The lowest BCUT2D eigenvalue weighted by molar-refractivity contribution is -0.910. The molecule has 28 heavy (non-hydrogen) atoms. The number of hydrogen-bond acceptors (Lipinski definition) is 3. The number of hydrogen-bond donors (Lipinski definition) is 2. The molecule has 0 radical (unpaired) electrons. The summed E-state index contributed by atoms with van der Waals surface area (Å²) in [4.78, 5) is 18.9. The number of carbonyl (C=O) groups excluding carboxylic acids is 1. The highest BCUT2D eigenvalue weighted by molar-refractivity contribution is 7.18. The molecule has 2 heterocycles. The van der Waals surface area contributed by atoms with Crippen molar-refractivity contribution in [2.45, 2.75) is 18.9 Å². The lowest BCUT2D eigenvalue weighted by Crippen LogP contribution is -3.11. The second kappa shape index (κ2) is 7.34. The Hall–Kier alpha value is -2.76. The van der Waals surface area contributed by atoms with Crippen molar-refractivity contribution in [1.82, 2.24) is 4.98 Å². The molecule has 1 amide bonds. The van der Waals surface area contributed by atoms with Gasteiger partial charge in [-0.1, -0.05) is 42.5 Å². The van der Waals surface area contributed by atoms with Crippen molar-refractivity contribution in [3.8, 4) is 0 Å². The molecule has 3 aromatic carbocycles. The monoisotopic (exact) mass is 388 g/mol. The van der Waals surface area contributed by atoms with Crippen LogP contribution in [-0.2, 0) is 4.79 Å². The lowest BCUT2D eigenvalue weighted by atomic mass is 10.1. The van der Waals surface area contributed by atoms with Gasteiger partial charge in [0.05, 0.1) is 16.8 Å². The van der Waals surface area contributed by atoms with E-state index in [1.807, 2.05) is 30.3 Å². The minimum absolute atomic E-state index is 0.0679. The van der Waals surface area contributed by atoms with Crippen LogP contribution in [0.4, 0.5) is 5.69 Å². The van der Waals surface area contributed by atoms with Crippen molar-refractivity contribution in [2.24, 2.45) is 0 Å². The third-order valence-electron chi connectivity index (χ3n) is 5.51. The van der Waals surface area contributed by atoms with E-state index in [-0.39, 0.29) is 5.91 Å². The minimum atomic E-state index is 0.0679. The normalized spacial score (nSPS) is 19.3. The number of nitrogens with zero attached hydrogens (tertiary/aromatic N) is 1. The highest BCUT2D eigenvalue weighted by atomic mass is 32.1. The van der Waals surface area contributed by atoms with Crippen LogP contribution in [0.15, 0.2) is 66.7 Å². The molecule has 1 saturated heterocycles. The molecule has 2 N–H and O–H groups in total. The first kappa shape index (κ1) is 17.3. The van der Waals surface area contributed by atoms with E-state index in [9.17, 15) is 4.79 Å². The average Bonchev–Trinajstić information content (AvgIpc) is 3.34. The predicted octanol–water partition coefficient (Wildman–Crippen LogP) is 3.81. The Balaban J connectivity index is 1.30. The summed E-state index contributed by atoms with van der Waals surface area (Å²) in [5.74, 6) is 0.0679. The first-order chi connectivity index (χ1) is 13.8. The van der Waals surface area contributed by atoms with E-state index in [2.05, 4.69) is 41.7 Å². The van der Waals surface area contributed by atoms with Gasteiger partial charge in [-0.3, -0.25) is 4.79 Å². The Morgan fingerprint density at radius 3 is 2.79 bits per heavy atom. The number of quaternary nitrogens is 1. The highest BCUT2D eigenvalue weighted by Gasteiger charge is 2.34. The fraction of sp³-hybridized carbons (Fsp3) is 0.217. The summed E-state index contributed by atoms with van der Waals surface area (Å²) < 4.78 is 1.23. The number of carbonyl (C=O) groups is 1. The van der Waals surface area contributed by atoms with Gasteiger partial charge in [-0.2, -0.15) is 0 Å². The molecular formula is C23H22N3OS+. The molecule has 4 aromatic rings. The van der Waals surface area contributed by atoms with Crippen molar-refractivity contribution >= 4 is 43.9 Å². The van der Waals surface area contributed by atoms with Crippen molar-refractivity contribution < 1.29 is 9.69 Å². The van der Waals surface area contributed by atoms with E-state index < -0.39 is 0 Å². The van der Waals surface area contributed by atoms with E-state index in [1.165, 1.54) is 15.0 Å². The van der Waals surface area contributed by atoms with Crippen LogP contribution in [-0.4, -0.2) is 24.0 Å². The Kier molecular flexibility index (Phi) is 4.55. The van der Waals surface area contributed by atoms with Gasteiger partial charge in [-0.15, -0.1) is 11.3 Å². The number of benzene rings is 3. The second-order valence-electron chi connectivity index (χ2n) is 7.41. The molecule has 1 fully saturated rings. The van der Waals surface area contributed by atoms with Crippen LogP contribution >= 0.6 is 11.3 Å². The van der Waals surface area contributed by atoms with Crippen molar-refractivity contribution in [2.75, 3.05) is 18.4 Å². The third-order valence-corrected chi connectivity index (χ3v) is 6.66. The van der Waals surface area contributed by atoms with Gasteiger partial charge in [-0.05, 0) is 35.0 Å². The molecule has 2 atom stereocenters. The number of anilines is 1. The molecular weight excluding hydrogens is 366 g/mol. The van der Waals surface area contributed by atoms with E-state index in [4.69, 9.17) is 4.98 Å². The number of aromatic nitrogens is 1. The zero-order valence-electron chi connectivity index (χ0n) is 15.5. The summed E-state index contributed by atoms with van der Waals surface area (Å²) in [6.07, 6.45) is 2.23. The number of thiazole rings is 1.